The smallest absolute Gasteiger partial charge is 0.285 e. The average Bonchev–Trinajstić information content (AvgIpc) is 2.04. The topological polar surface area (TPSA) is 54.4 Å². The van der Waals surface area contributed by atoms with E-state index in [1.807, 2.05) is 0 Å². The molecule has 0 heterocycles. The van der Waals surface area contributed by atoms with Crippen LogP contribution in [0.4, 0.5) is 17.6 Å². The van der Waals surface area contributed by atoms with Gasteiger partial charge in [-0.3, -0.25) is 4.55 Å². The summed E-state index contributed by atoms with van der Waals surface area (Å²) in [4.78, 5) is 0. The van der Waals surface area contributed by atoms with Gasteiger partial charge in [0.05, 0.1) is 5.56 Å². The zero-order chi connectivity index (χ0) is 12.6. The molecule has 1 rings (SSSR count). The van der Waals surface area contributed by atoms with Gasteiger partial charge in [-0.1, -0.05) is 6.07 Å². The van der Waals surface area contributed by atoms with Gasteiger partial charge in [-0.05, 0) is 17.7 Å². The summed E-state index contributed by atoms with van der Waals surface area (Å²) in [5.74, 6) is -2.48. The van der Waals surface area contributed by atoms with Crippen LogP contribution in [0.5, 0.6) is 0 Å². The van der Waals surface area contributed by atoms with E-state index >= 15 is 0 Å². The molecule has 0 bridgehead atoms. The number of halogens is 4. The molecule has 0 saturated carbocycles. The van der Waals surface area contributed by atoms with Crippen LogP contribution in [0.25, 0.3) is 0 Å². The fraction of sp³-hybridized carbons (Fsp3) is 0.250. The summed E-state index contributed by atoms with van der Waals surface area (Å²) in [5.41, 5.74) is -1.90. The van der Waals surface area contributed by atoms with Crippen LogP contribution in [0, 0.1) is 5.82 Å². The molecule has 0 aliphatic carbocycles. The molecule has 90 valence electrons. The Morgan fingerprint density at radius 3 is 2.25 bits per heavy atom. The summed E-state index contributed by atoms with van der Waals surface area (Å²) in [5, 5.41) is 0. The molecule has 0 radical (unpaired) electrons. The lowest BCUT2D eigenvalue weighted by Gasteiger charge is -2.09. The third-order valence-electron chi connectivity index (χ3n) is 1.69. The van der Waals surface area contributed by atoms with E-state index in [9.17, 15) is 26.0 Å². The minimum absolute atomic E-state index is 0.337. The lowest BCUT2D eigenvalue weighted by Crippen LogP contribution is -2.10. The van der Waals surface area contributed by atoms with E-state index in [0.29, 0.717) is 12.1 Å². The van der Waals surface area contributed by atoms with Crippen molar-refractivity contribution in [2.75, 3.05) is 0 Å². The van der Waals surface area contributed by atoms with Gasteiger partial charge in [0.25, 0.3) is 10.1 Å². The van der Waals surface area contributed by atoms with E-state index in [1.54, 1.807) is 0 Å². The Hall–Kier alpha value is -1.15. The van der Waals surface area contributed by atoms with Crippen molar-refractivity contribution in [3.05, 3.63) is 35.1 Å². The highest BCUT2D eigenvalue weighted by molar-refractivity contribution is 7.85. The summed E-state index contributed by atoms with van der Waals surface area (Å²) in [7, 11) is -4.44. The molecule has 1 N–H and O–H groups in total. The van der Waals surface area contributed by atoms with Crippen molar-refractivity contribution in [3.8, 4) is 0 Å². The Bertz CT molecular complexity index is 492. The molecule has 0 atom stereocenters. The molecule has 1 aromatic rings. The first-order valence-electron chi connectivity index (χ1n) is 3.90. The van der Waals surface area contributed by atoms with E-state index in [-0.39, 0.29) is 5.56 Å². The van der Waals surface area contributed by atoms with Crippen LogP contribution in [-0.2, 0) is 22.0 Å². The van der Waals surface area contributed by atoms with Crippen molar-refractivity contribution < 1.29 is 30.5 Å². The van der Waals surface area contributed by atoms with Gasteiger partial charge in [-0.15, -0.1) is 0 Å². The lowest BCUT2D eigenvalue weighted by molar-refractivity contribution is -0.140. The van der Waals surface area contributed by atoms with Crippen LogP contribution >= 0.6 is 0 Å². The number of hydrogen-bond donors (Lipinski definition) is 1. The van der Waals surface area contributed by atoms with E-state index in [4.69, 9.17) is 4.55 Å². The van der Waals surface area contributed by atoms with Crippen molar-refractivity contribution in [1.82, 2.24) is 0 Å². The zero-order valence-electron chi connectivity index (χ0n) is 7.62. The van der Waals surface area contributed by atoms with Crippen molar-refractivity contribution in [3.63, 3.8) is 0 Å². The first kappa shape index (κ1) is 12.9. The van der Waals surface area contributed by atoms with Gasteiger partial charge in [0.2, 0.25) is 0 Å². The Morgan fingerprint density at radius 2 is 1.81 bits per heavy atom. The fourth-order valence-electron chi connectivity index (χ4n) is 1.09. The van der Waals surface area contributed by atoms with E-state index in [0.717, 1.165) is 6.07 Å². The molecule has 1 aromatic carbocycles. The molecule has 8 heteroatoms. The minimum Gasteiger partial charge on any atom is -0.285 e. The van der Waals surface area contributed by atoms with E-state index in [1.165, 1.54) is 0 Å². The van der Waals surface area contributed by atoms with Crippen molar-refractivity contribution in [2.24, 2.45) is 0 Å². The maximum absolute atomic E-state index is 12.8. The van der Waals surface area contributed by atoms with Gasteiger partial charge in [0.15, 0.2) is 0 Å². The highest BCUT2D eigenvalue weighted by Gasteiger charge is 2.34. The van der Waals surface area contributed by atoms with Gasteiger partial charge in [-0.25, -0.2) is 4.39 Å². The van der Waals surface area contributed by atoms with Crippen LogP contribution in [0.3, 0.4) is 0 Å². The average molecular weight is 258 g/mol. The van der Waals surface area contributed by atoms with E-state index in [2.05, 4.69) is 0 Å². The number of rotatable bonds is 2. The van der Waals surface area contributed by atoms with Crippen molar-refractivity contribution >= 4 is 10.1 Å². The fourth-order valence-corrected chi connectivity index (χ4v) is 1.69. The summed E-state index contributed by atoms with van der Waals surface area (Å²) in [6.07, 6.45) is -4.90. The molecule has 0 aliphatic rings. The molecular formula is C8H6F4O3S. The van der Waals surface area contributed by atoms with Gasteiger partial charge >= 0.3 is 6.18 Å². The molecule has 0 fully saturated rings. The predicted molar refractivity (Wildman–Crippen MR) is 46.7 cm³/mol. The predicted octanol–water partition coefficient (Wildman–Crippen LogP) is 2.23. The summed E-state index contributed by atoms with van der Waals surface area (Å²) < 4.78 is 78.7. The highest BCUT2D eigenvalue weighted by Crippen LogP contribution is 2.32. The minimum atomic E-state index is -4.90. The molecule has 0 aliphatic heterocycles. The quantitative estimate of drug-likeness (QED) is 0.653. The number of hydrogen-bond acceptors (Lipinski definition) is 2. The molecule has 0 spiro atoms. The Labute approximate surface area is 88.5 Å². The van der Waals surface area contributed by atoms with Gasteiger partial charge in [-0.2, -0.15) is 21.6 Å². The third-order valence-corrected chi connectivity index (χ3v) is 2.38. The van der Waals surface area contributed by atoms with Crippen LogP contribution < -0.4 is 0 Å². The Morgan fingerprint density at radius 1 is 1.25 bits per heavy atom. The standard InChI is InChI=1S/C8H6F4O3S/c9-7-2-1-5(4-16(13,14)15)3-6(7)8(10,11)12/h1-3H,4H2,(H,13,14,15). The molecule has 0 aromatic heterocycles. The maximum Gasteiger partial charge on any atom is 0.419 e. The van der Waals surface area contributed by atoms with Crippen LogP contribution in [0.1, 0.15) is 11.1 Å². The van der Waals surface area contributed by atoms with Crippen molar-refractivity contribution in [1.29, 1.82) is 0 Å². The lowest BCUT2D eigenvalue weighted by atomic mass is 10.1. The second kappa shape index (κ2) is 4.02. The van der Waals surface area contributed by atoms with E-state index < -0.39 is 33.4 Å². The molecular weight excluding hydrogens is 252 g/mol. The van der Waals surface area contributed by atoms with Crippen molar-refractivity contribution in [2.45, 2.75) is 11.9 Å². The summed E-state index contributed by atoms with van der Waals surface area (Å²) in [6.45, 7) is 0. The van der Waals surface area contributed by atoms with Gasteiger partial charge < -0.3 is 0 Å². The highest BCUT2D eigenvalue weighted by atomic mass is 32.2. The largest absolute Gasteiger partial charge is 0.419 e. The second-order valence-corrected chi connectivity index (χ2v) is 4.49. The summed E-state index contributed by atoms with van der Waals surface area (Å²) >= 11 is 0. The normalized spacial score (nSPS) is 12.8. The van der Waals surface area contributed by atoms with Crippen LogP contribution in [0.15, 0.2) is 18.2 Å². The molecule has 16 heavy (non-hydrogen) atoms. The van der Waals surface area contributed by atoms with Crippen LogP contribution in [-0.4, -0.2) is 13.0 Å². The second-order valence-electron chi connectivity index (χ2n) is 3.04. The van der Waals surface area contributed by atoms with Crippen LogP contribution in [0.2, 0.25) is 0 Å². The monoisotopic (exact) mass is 258 g/mol. The molecule has 3 nitrogen and oxygen atoms in total. The SMILES string of the molecule is O=S(=O)(O)Cc1ccc(F)c(C(F)(F)F)c1. The van der Waals surface area contributed by atoms with Gasteiger partial charge in [0, 0.05) is 0 Å². The molecule has 0 amide bonds. The first-order valence-corrected chi connectivity index (χ1v) is 5.51. The van der Waals surface area contributed by atoms with Gasteiger partial charge in [0.1, 0.15) is 11.6 Å². The number of alkyl halides is 3. The third kappa shape index (κ3) is 3.46. The Balaban J connectivity index is 3.18. The first-order chi connectivity index (χ1) is 7.09. The molecule has 0 saturated heterocycles. The maximum atomic E-state index is 12.8. The Kier molecular flexibility index (Phi) is 3.25. The number of benzene rings is 1. The summed E-state index contributed by atoms with van der Waals surface area (Å²) in [6, 6.07) is 1.71. The molecule has 0 unspecified atom stereocenters. The zero-order valence-corrected chi connectivity index (χ0v) is 8.44.